The SMILES string of the molecule is NC(=O)c1ccc(F)cc1-c1[nH]nc2c(C3CC3)cccc12. The molecule has 1 heterocycles. The summed E-state index contributed by atoms with van der Waals surface area (Å²) in [5, 5.41) is 8.22. The van der Waals surface area contributed by atoms with Crippen LogP contribution in [0.3, 0.4) is 0 Å². The highest BCUT2D eigenvalue weighted by Crippen LogP contribution is 2.43. The van der Waals surface area contributed by atoms with Gasteiger partial charge in [0.1, 0.15) is 5.82 Å². The average molecular weight is 295 g/mol. The molecular weight excluding hydrogens is 281 g/mol. The average Bonchev–Trinajstić information content (AvgIpc) is 3.25. The number of nitrogens with zero attached hydrogens (tertiary/aromatic N) is 1. The minimum absolute atomic E-state index is 0.281. The highest BCUT2D eigenvalue weighted by Gasteiger charge is 2.27. The number of carbonyl (C=O) groups is 1. The lowest BCUT2D eigenvalue weighted by atomic mass is 9.99. The van der Waals surface area contributed by atoms with Gasteiger partial charge in [0.2, 0.25) is 5.91 Å². The van der Waals surface area contributed by atoms with Crippen LogP contribution in [0, 0.1) is 5.82 Å². The standard InChI is InChI=1S/C17H14FN3O/c18-10-6-7-12(17(19)22)14(8-10)16-13-3-1-2-11(9-4-5-9)15(13)20-21-16/h1-3,6-9H,4-5H2,(H2,19,22)(H,20,21). The number of aromatic nitrogens is 2. The van der Waals surface area contributed by atoms with Crippen molar-refractivity contribution in [3.63, 3.8) is 0 Å². The number of benzene rings is 2. The molecule has 1 amide bonds. The van der Waals surface area contributed by atoms with Crippen molar-refractivity contribution in [3.05, 3.63) is 53.3 Å². The molecule has 2 aromatic carbocycles. The van der Waals surface area contributed by atoms with Gasteiger partial charge in [-0.15, -0.1) is 0 Å². The van der Waals surface area contributed by atoms with Gasteiger partial charge in [0, 0.05) is 16.5 Å². The topological polar surface area (TPSA) is 71.8 Å². The van der Waals surface area contributed by atoms with E-state index in [4.69, 9.17) is 5.73 Å². The van der Waals surface area contributed by atoms with Crippen LogP contribution in [0.5, 0.6) is 0 Å². The van der Waals surface area contributed by atoms with Crippen LogP contribution in [0.1, 0.15) is 34.7 Å². The van der Waals surface area contributed by atoms with Gasteiger partial charge in [0.05, 0.1) is 11.2 Å². The second kappa shape index (κ2) is 4.66. The maximum atomic E-state index is 13.6. The summed E-state index contributed by atoms with van der Waals surface area (Å²) in [6.07, 6.45) is 2.35. The molecule has 22 heavy (non-hydrogen) atoms. The van der Waals surface area contributed by atoms with Crippen molar-refractivity contribution in [2.45, 2.75) is 18.8 Å². The first-order chi connectivity index (χ1) is 10.6. The van der Waals surface area contributed by atoms with Crippen LogP contribution >= 0.6 is 0 Å². The van der Waals surface area contributed by atoms with Crippen LogP contribution in [0.4, 0.5) is 4.39 Å². The third-order valence-electron chi connectivity index (χ3n) is 4.15. The van der Waals surface area contributed by atoms with Crippen LogP contribution in [-0.2, 0) is 0 Å². The Morgan fingerprint density at radius 3 is 2.82 bits per heavy atom. The summed E-state index contributed by atoms with van der Waals surface area (Å²) >= 11 is 0. The molecule has 0 unspecified atom stereocenters. The largest absolute Gasteiger partial charge is 0.366 e. The normalized spacial score (nSPS) is 14.4. The Balaban J connectivity index is 1.97. The van der Waals surface area contributed by atoms with Crippen molar-refractivity contribution in [3.8, 4) is 11.3 Å². The van der Waals surface area contributed by atoms with Crippen LogP contribution in [0.25, 0.3) is 22.2 Å². The molecule has 0 radical (unpaired) electrons. The Kier molecular flexibility index (Phi) is 2.76. The van der Waals surface area contributed by atoms with Gasteiger partial charge in [-0.2, -0.15) is 5.10 Å². The van der Waals surface area contributed by atoms with Crippen molar-refractivity contribution >= 4 is 16.8 Å². The van der Waals surface area contributed by atoms with Gasteiger partial charge in [-0.1, -0.05) is 18.2 Å². The predicted molar refractivity (Wildman–Crippen MR) is 82.0 cm³/mol. The van der Waals surface area contributed by atoms with E-state index < -0.39 is 11.7 Å². The lowest BCUT2D eigenvalue weighted by molar-refractivity contribution is 0.100. The molecular formula is C17H14FN3O. The van der Waals surface area contributed by atoms with E-state index in [0.717, 1.165) is 10.9 Å². The van der Waals surface area contributed by atoms with E-state index >= 15 is 0 Å². The number of hydrogen-bond donors (Lipinski definition) is 2. The Morgan fingerprint density at radius 1 is 1.27 bits per heavy atom. The minimum atomic E-state index is -0.587. The zero-order valence-corrected chi connectivity index (χ0v) is 11.8. The van der Waals surface area contributed by atoms with Crippen molar-refractivity contribution < 1.29 is 9.18 Å². The summed E-state index contributed by atoms with van der Waals surface area (Å²) in [5.41, 5.74) is 8.86. The lowest BCUT2D eigenvalue weighted by Gasteiger charge is -2.06. The second-order valence-corrected chi connectivity index (χ2v) is 5.67. The van der Waals surface area contributed by atoms with Crippen LogP contribution in [0.2, 0.25) is 0 Å². The first kappa shape index (κ1) is 13.0. The molecule has 4 nitrogen and oxygen atoms in total. The summed E-state index contributed by atoms with van der Waals surface area (Å²) in [6, 6.07) is 9.93. The predicted octanol–water partition coefficient (Wildman–Crippen LogP) is 3.35. The zero-order chi connectivity index (χ0) is 15.3. The van der Waals surface area contributed by atoms with Gasteiger partial charge >= 0.3 is 0 Å². The molecule has 1 saturated carbocycles. The lowest BCUT2D eigenvalue weighted by Crippen LogP contribution is -2.12. The van der Waals surface area contributed by atoms with Gasteiger partial charge in [-0.25, -0.2) is 4.39 Å². The van der Waals surface area contributed by atoms with Gasteiger partial charge in [0.25, 0.3) is 0 Å². The number of fused-ring (bicyclic) bond motifs is 1. The maximum absolute atomic E-state index is 13.6. The van der Waals surface area contributed by atoms with Crippen molar-refractivity contribution in [1.82, 2.24) is 10.2 Å². The number of primary amides is 1. The second-order valence-electron chi connectivity index (χ2n) is 5.67. The number of rotatable bonds is 3. The molecule has 0 atom stereocenters. The number of halogens is 1. The van der Waals surface area contributed by atoms with E-state index in [1.54, 1.807) is 0 Å². The number of amides is 1. The molecule has 0 spiro atoms. The Labute approximate surface area is 126 Å². The number of hydrogen-bond acceptors (Lipinski definition) is 2. The third-order valence-corrected chi connectivity index (χ3v) is 4.15. The molecule has 1 fully saturated rings. The maximum Gasteiger partial charge on any atom is 0.249 e. The fraction of sp³-hybridized carbons (Fsp3) is 0.176. The van der Waals surface area contributed by atoms with Gasteiger partial charge in [-0.05, 0) is 42.5 Å². The molecule has 0 aliphatic heterocycles. The fourth-order valence-corrected chi connectivity index (χ4v) is 2.93. The fourth-order valence-electron chi connectivity index (χ4n) is 2.93. The minimum Gasteiger partial charge on any atom is -0.366 e. The smallest absolute Gasteiger partial charge is 0.249 e. The molecule has 3 aromatic rings. The molecule has 1 aliphatic rings. The number of aromatic amines is 1. The van der Waals surface area contributed by atoms with Crippen molar-refractivity contribution in [2.24, 2.45) is 5.73 Å². The quantitative estimate of drug-likeness (QED) is 0.777. The third kappa shape index (κ3) is 1.97. The molecule has 1 aliphatic carbocycles. The summed E-state index contributed by atoms with van der Waals surface area (Å²) in [7, 11) is 0. The molecule has 5 heteroatoms. The van der Waals surface area contributed by atoms with Crippen molar-refractivity contribution in [2.75, 3.05) is 0 Å². The summed E-state index contributed by atoms with van der Waals surface area (Å²) in [6.45, 7) is 0. The van der Waals surface area contributed by atoms with E-state index in [2.05, 4.69) is 16.3 Å². The van der Waals surface area contributed by atoms with Crippen LogP contribution < -0.4 is 5.73 Å². The number of para-hydroxylation sites is 1. The Bertz CT molecular complexity index is 896. The molecule has 0 bridgehead atoms. The monoisotopic (exact) mass is 295 g/mol. The van der Waals surface area contributed by atoms with E-state index in [0.29, 0.717) is 17.2 Å². The first-order valence-corrected chi connectivity index (χ1v) is 7.22. The molecule has 0 saturated heterocycles. The number of nitrogens with one attached hydrogen (secondary N) is 1. The van der Waals surface area contributed by atoms with Gasteiger partial charge < -0.3 is 5.73 Å². The number of H-pyrrole nitrogens is 1. The highest BCUT2D eigenvalue weighted by atomic mass is 19.1. The summed E-state index contributed by atoms with van der Waals surface area (Å²) in [5.74, 6) is -0.444. The number of nitrogens with two attached hydrogens (primary N) is 1. The van der Waals surface area contributed by atoms with Gasteiger partial charge in [0.15, 0.2) is 0 Å². The summed E-state index contributed by atoms with van der Waals surface area (Å²) in [4.78, 5) is 11.6. The van der Waals surface area contributed by atoms with Gasteiger partial charge in [-0.3, -0.25) is 9.89 Å². The van der Waals surface area contributed by atoms with E-state index in [1.807, 2.05) is 12.1 Å². The molecule has 4 rings (SSSR count). The molecule has 3 N–H and O–H groups in total. The van der Waals surface area contributed by atoms with Crippen molar-refractivity contribution in [1.29, 1.82) is 0 Å². The van der Waals surface area contributed by atoms with E-state index in [9.17, 15) is 9.18 Å². The summed E-state index contributed by atoms with van der Waals surface area (Å²) < 4.78 is 13.6. The first-order valence-electron chi connectivity index (χ1n) is 7.22. The molecule has 110 valence electrons. The van der Waals surface area contributed by atoms with Crippen LogP contribution in [-0.4, -0.2) is 16.1 Å². The zero-order valence-electron chi connectivity index (χ0n) is 11.8. The Morgan fingerprint density at radius 2 is 2.09 bits per heavy atom. The van der Waals surface area contributed by atoms with E-state index in [1.165, 1.54) is 36.6 Å². The highest BCUT2D eigenvalue weighted by molar-refractivity contribution is 6.04. The molecule has 1 aromatic heterocycles. The van der Waals surface area contributed by atoms with Crippen LogP contribution in [0.15, 0.2) is 36.4 Å². The number of carbonyl (C=O) groups excluding carboxylic acids is 1. The van der Waals surface area contributed by atoms with E-state index in [-0.39, 0.29) is 5.56 Å². The Hall–Kier alpha value is -2.69.